The van der Waals surface area contributed by atoms with Gasteiger partial charge in [0.15, 0.2) is 0 Å². The minimum absolute atomic E-state index is 0.203. The standard InChI is InChI=1S/C13H20N2O2S/c1-2-15(9-12-4-3-6-17-12)13(16)8-11-10-18-7-5-14-11/h3-4,6,11,14H,2,5,7-10H2,1H3. The number of hydrogen-bond acceptors (Lipinski definition) is 4. The first-order valence-electron chi connectivity index (χ1n) is 6.41. The first-order chi connectivity index (χ1) is 8.79. The Balaban J connectivity index is 1.84. The lowest BCUT2D eigenvalue weighted by Gasteiger charge is -2.26. The Labute approximate surface area is 112 Å². The second kappa shape index (κ2) is 6.85. The number of carbonyl (C=O) groups excluding carboxylic acids is 1. The van der Waals surface area contributed by atoms with Gasteiger partial charge in [-0.2, -0.15) is 11.8 Å². The first-order valence-corrected chi connectivity index (χ1v) is 7.56. The van der Waals surface area contributed by atoms with Gasteiger partial charge in [-0.3, -0.25) is 4.79 Å². The van der Waals surface area contributed by atoms with Gasteiger partial charge in [-0.05, 0) is 19.1 Å². The molecule has 4 nitrogen and oxygen atoms in total. The zero-order valence-corrected chi connectivity index (χ0v) is 11.5. The molecule has 0 bridgehead atoms. The second-order valence-electron chi connectivity index (χ2n) is 4.42. The molecule has 2 heterocycles. The summed E-state index contributed by atoms with van der Waals surface area (Å²) in [6.45, 7) is 4.30. The molecular formula is C13H20N2O2S. The van der Waals surface area contributed by atoms with Gasteiger partial charge in [-0.15, -0.1) is 0 Å². The van der Waals surface area contributed by atoms with Crippen LogP contribution in [-0.4, -0.2) is 41.4 Å². The number of nitrogens with zero attached hydrogens (tertiary/aromatic N) is 1. The van der Waals surface area contributed by atoms with E-state index in [1.165, 1.54) is 0 Å². The molecule has 0 radical (unpaired) electrons. The lowest BCUT2D eigenvalue weighted by Crippen LogP contribution is -2.42. The maximum absolute atomic E-state index is 12.2. The first kappa shape index (κ1) is 13.5. The number of amides is 1. The molecule has 1 aliphatic rings. The van der Waals surface area contributed by atoms with Gasteiger partial charge in [0, 0.05) is 37.1 Å². The smallest absolute Gasteiger partial charge is 0.224 e. The van der Waals surface area contributed by atoms with Gasteiger partial charge < -0.3 is 14.6 Å². The predicted molar refractivity (Wildman–Crippen MR) is 73.5 cm³/mol. The lowest BCUT2D eigenvalue weighted by molar-refractivity contribution is -0.132. The van der Waals surface area contributed by atoms with E-state index in [-0.39, 0.29) is 5.91 Å². The van der Waals surface area contributed by atoms with Crippen molar-refractivity contribution in [3.63, 3.8) is 0 Å². The van der Waals surface area contributed by atoms with Gasteiger partial charge in [-0.1, -0.05) is 0 Å². The van der Waals surface area contributed by atoms with E-state index in [1.54, 1.807) is 6.26 Å². The molecule has 18 heavy (non-hydrogen) atoms. The van der Waals surface area contributed by atoms with E-state index < -0.39 is 0 Å². The zero-order chi connectivity index (χ0) is 12.8. The van der Waals surface area contributed by atoms with Crippen LogP contribution in [0.1, 0.15) is 19.1 Å². The largest absolute Gasteiger partial charge is 0.467 e. The highest BCUT2D eigenvalue weighted by Gasteiger charge is 2.20. The summed E-state index contributed by atoms with van der Waals surface area (Å²) in [7, 11) is 0. The molecule has 1 amide bonds. The summed E-state index contributed by atoms with van der Waals surface area (Å²) in [5, 5.41) is 3.40. The predicted octanol–water partition coefficient (Wildman–Crippen LogP) is 1.72. The van der Waals surface area contributed by atoms with Crippen LogP contribution in [0.25, 0.3) is 0 Å². The summed E-state index contributed by atoms with van der Waals surface area (Å²) in [5.74, 6) is 3.23. The second-order valence-corrected chi connectivity index (χ2v) is 5.57. The fraction of sp³-hybridized carbons (Fsp3) is 0.615. The number of furan rings is 1. The van der Waals surface area contributed by atoms with Crippen molar-refractivity contribution >= 4 is 17.7 Å². The van der Waals surface area contributed by atoms with Crippen LogP contribution >= 0.6 is 11.8 Å². The summed E-state index contributed by atoms with van der Waals surface area (Å²) in [6, 6.07) is 4.08. The topological polar surface area (TPSA) is 45.5 Å². The molecule has 100 valence electrons. The highest BCUT2D eigenvalue weighted by molar-refractivity contribution is 7.99. The SMILES string of the molecule is CCN(Cc1ccco1)C(=O)CC1CSCCN1. The van der Waals surface area contributed by atoms with Gasteiger partial charge in [0.05, 0.1) is 12.8 Å². The number of hydrogen-bond donors (Lipinski definition) is 1. The summed E-state index contributed by atoms with van der Waals surface area (Å²) < 4.78 is 5.29. The zero-order valence-electron chi connectivity index (χ0n) is 10.7. The lowest BCUT2D eigenvalue weighted by atomic mass is 10.2. The molecule has 0 aromatic carbocycles. The van der Waals surface area contributed by atoms with E-state index in [0.29, 0.717) is 19.0 Å². The molecule has 0 spiro atoms. The fourth-order valence-electron chi connectivity index (χ4n) is 2.06. The van der Waals surface area contributed by atoms with Crippen LogP contribution in [0.4, 0.5) is 0 Å². The normalized spacial score (nSPS) is 19.7. The van der Waals surface area contributed by atoms with Crippen molar-refractivity contribution in [2.75, 3.05) is 24.6 Å². The monoisotopic (exact) mass is 268 g/mol. The Kier molecular flexibility index (Phi) is 5.13. The Bertz CT molecular complexity index is 361. The van der Waals surface area contributed by atoms with Crippen LogP contribution < -0.4 is 5.32 Å². The number of carbonyl (C=O) groups is 1. The average Bonchev–Trinajstić information content (AvgIpc) is 2.90. The molecule has 1 aliphatic heterocycles. The summed E-state index contributed by atoms with van der Waals surface area (Å²) in [6.07, 6.45) is 2.23. The molecule has 1 aromatic heterocycles. The van der Waals surface area contributed by atoms with Crippen LogP contribution in [0.2, 0.25) is 0 Å². The van der Waals surface area contributed by atoms with Gasteiger partial charge >= 0.3 is 0 Å². The van der Waals surface area contributed by atoms with Crippen molar-refractivity contribution in [2.24, 2.45) is 0 Å². The Morgan fingerprint density at radius 1 is 1.67 bits per heavy atom. The molecule has 1 aromatic rings. The Morgan fingerprint density at radius 2 is 2.56 bits per heavy atom. The van der Waals surface area contributed by atoms with Crippen LogP contribution in [0.5, 0.6) is 0 Å². The molecule has 0 aliphatic carbocycles. The highest BCUT2D eigenvalue weighted by Crippen LogP contribution is 2.13. The van der Waals surface area contributed by atoms with Crippen LogP contribution in [0.3, 0.4) is 0 Å². The minimum Gasteiger partial charge on any atom is -0.467 e. The molecule has 2 rings (SSSR count). The minimum atomic E-state index is 0.203. The van der Waals surface area contributed by atoms with Crippen molar-refractivity contribution in [3.8, 4) is 0 Å². The molecule has 1 fully saturated rings. The number of nitrogens with one attached hydrogen (secondary N) is 1. The molecule has 1 saturated heterocycles. The fourth-order valence-corrected chi connectivity index (χ4v) is 3.01. The summed E-state index contributed by atoms with van der Waals surface area (Å²) in [5.41, 5.74) is 0. The van der Waals surface area contributed by atoms with Gasteiger partial charge in [-0.25, -0.2) is 0 Å². The average molecular weight is 268 g/mol. The van der Waals surface area contributed by atoms with Crippen molar-refractivity contribution in [2.45, 2.75) is 25.9 Å². The van der Waals surface area contributed by atoms with Crippen LogP contribution in [0, 0.1) is 0 Å². The number of thioether (sulfide) groups is 1. The quantitative estimate of drug-likeness (QED) is 0.883. The summed E-state index contributed by atoms with van der Waals surface area (Å²) in [4.78, 5) is 14.1. The molecule has 1 N–H and O–H groups in total. The third kappa shape index (κ3) is 3.78. The van der Waals surface area contributed by atoms with E-state index in [0.717, 1.165) is 30.4 Å². The van der Waals surface area contributed by atoms with Gasteiger partial charge in [0.25, 0.3) is 0 Å². The van der Waals surface area contributed by atoms with Crippen molar-refractivity contribution in [1.29, 1.82) is 0 Å². The van der Waals surface area contributed by atoms with E-state index in [1.807, 2.05) is 35.7 Å². The van der Waals surface area contributed by atoms with E-state index >= 15 is 0 Å². The maximum atomic E-state index is 12.2. The van der Waals surface area contributed by atoms with E-state index in [4.69, 9.17) is 4.42 Å². The van der Waals surface area contributed by atoms with Crippen molar-refractivity contribution in [1.82, 2.24) is 10.2 Å². The molecule has 1 atom stereocenters. The molecule has 5 heteroatoms. The van der Waals surface area contributed by atoms with E-state index in [2.05, 4.69) is 5.32 Å². The maximum Gasteiger partial charge on any atom is 0.224 e. The number of rotatable bonds is 5. The van der Waals surface area contributed by atoms with Crippen molar-refractivity contribution in [3.05, 3.63) is 24.2 Å². The molecule has 1 unspecified atom stereocenters. The third-order valence-corrected chi connectivity index (χ3v) is 4.21. The Morgan fingerprint density at radius 3 is 3.17 bits per heavy atom. The third-order valence-electron chi connectivity index (χ3n) is 3.08. The van der Waals surface area contributed by atoms with Crippen LogP contribution in [-0.2, 0) is 11.3 Å². The van der Waals surface area contributed by atoms with E-state index in [9.17, 15) is 4.79 Å². The molecule has 0 saturated carbocycles. The van der Waals surface area contributed by atoms with Crippen molar-refractivity contribution < 1.29 is 9.21 Å². The summed E-state index contributed by atoms with van der Waals surface area (Å²) >= 11 is 1.92. The molecular weight excluding hydrogens is 248 g/mol. The Hall–Kier alpha value is -0.940. The van der Waals surface area contributed by atoms with Gasteiger partial charge in [0.2, 0.25) is 5.91 Å². The van der Waals surface area contributed by atoms with Crippen LogP contribution in [0.15, 0.2) is 22.8 Å². The highest BCUT2D eigenvalue weighted by atomic mass is 32.2. The van der Waals surface area contributed by atoms with Gasteiger partial charge in [0.1, 0.15) is 5.76 Å².